The summed E-state index contributed by atoms with van der Waals surface area (Å²) >= 11 is 0. The maximum Gasteiger partial charge on any atom is 0.460 e. The number of alkyl halides is 9. The van der Waals surface area contributed by atoms with Crippen molar-refractivity contribution in [3.63, 3.8) is 0 Å². The van der Waals surface area contributed by atoms with Gasteiger partial charge in [0.25, 0.3) is 0 Å². The topological polar surface area (TPSA) is 82.3 Å². The van der Waals surface area contributed by atoms with Gasteiger partial charge in [-0.25, -0.2) is 8.42 Å². The van der Waals surface area contributed by atoms with Crippen LogP contribution in [0.25, 0.3) is 0 Å². The van der Waals surface area contributed by atoms with Crippen LogP contribution in [0.5, 0.6) is 0 Å². The molecule has 200 valence electrons. The number of hydrogen-bond donors (Lipinski definition) is 1. The van der Waals surface area contributed by atoms with Crippen LogP contribution in [0.3, 0.4) is 0 Å². The minimum Gasteiger partial charge on any atom is -0.395 e. The zero-order valence-corrected chi connectivity index (χ0v) is 19.0. The lowest BCUT2D eigenvalue weighted by Crippen LogP contribution is -2.63. The van der Waals surface area contributed by atoms with Crippen LogP contribution in [0.15, 0.2) is 63.7 Å². The van der Waals surface area contributed by atoms with Gasteiger partial charge < -0.3 is 10.0 Å². The summed E-state index contributed by atoms with van der Waals surface area (Å²) in [5, 5.41) is 9.72. The Balaban J connectivity index is 2.28. The second kappa shape index (κ2) is 10.2. The van der Waals surface area contributed by atoms with Crippen molar-refractivity contribution in [3.8, 4) is 0 Å². The van der Waals surface area contributed by atoms with Crippen molar-refractivity contribution in [2.75, 3.05) is 24.6 Å². The fraction of sp³-hybridized carbons (Fsp3) is 0.400. The molecule has 0 fully saturated rings. The molecule has 16 heteroatoms. The second-order valence-electron chi connectivity index (χ2n) is 7.18. The van der Waals surface area contributed by atoms with Crippen molar-refractivity contribution in [2.45, 2.75) is 35.1 Å². The van der Waals surface area contributed by atoms with Gasteiger partial charge in [0.05, 0.1) is 22.9 Å². The summed E-state index contributed by atoms with van der Waals surface area (Å²) in [7, 11) is -6.70. The average molecular weight is 551 g/mol. The SMILES string of the molecule is CCN(CCO)c1ccc(N=Nc2ccc(S(=O)(=O)C(F)(F)C(F)(F)C(F)(F)C(F)(F)F)cc2)cc1. The molecule has 2 rings (SSSR count). The van der Waals surface area contributed by atoms with Crippen molar-refractivity contribution >= 4 is 26.9 Å². The number of aliphatic hydroxyl groups is 1. The van der Waals surface area contributed by atoms with Gasteiger partial charge in [0.15, 0.2) is 0 Å². The summed E-state index contributed by atoms with van der Waals surface area (Å²) in [6, 6.07) is 8.36. The third-order valence-electron chi connectivity index (χ3n) is 4.85. The number of anilines is 1. The van der Waals surface area contributed by atoms with E-state index >= 15 is 0 Å². The molecule has 0 aliphatic heterocycles. The van der Waals surface area contributed by atoms with Crippen LogP contribution in [0, 0.1) is 0 Å². The monoisotopic (exact) mass is 551 g/mol. The molecule has 0 aromatic heterocycles. The lowest BCUT2D eigenvalue weighted by Gasteiger charge is -2.33. The minimum atomic E-state index is -7.34. The maximum absolute atomic E-state index is 13.9. The van der Waals surface area contributed by atoms with Crippen LogP contribution >= 0.6 is 0 Å². The first kappa shape index (κ1) is 29.4. The van der Waals surface area contributed by atoms with E-state index in [0.29, 0.717) is 25.2 Å². The van der Waals surface area contributed by atoms with Crippen molar-refractivity contribution in [2.24, 2.45) is 10.2 Å². The summed E-state index contributed by atoms with van der Waals surface area (Å²) in [6.07, 6.45) is -7.15. The first-order chi connectivity index (χ1) is 16.4. The molecular formula is C20H18F9N3O3S. The molecule has 2 aromatic rings. The van der Waals surface area contributed by atoms with E-state index in [1.807, 2.05) is 11.8 Å². The van der Waals surface area contributed by atoms with Gasteiger partial charge in [0, 0.05) is 18.8 Å². The summed E-state index contributed by atoms with van der Waals surface area (Å²) in [5.74, 6) is -14.7. The van der Waals surface area contributed by atoms with Crippen LogP contribution < -0.4 is 4.90 Å². The van der Waals surface area contributed by atoms with E-state index < -0.39 is 38.0 Å². The van der Waals surface area contributed by atoms with Gasteiger partial charge >= 0.3 is 23.3 Å². The highest BCUT2D eigenvalue weighted by Crippen LogP contribution is 2.55. The molecule has 36 heavy (non-hydrogen) atoms. The molecule has 6 nitrogen and oxygen atoms in total. The van der Waals surface area contributed by atoms with Crippen molar-refractivity contribution < 1.29 is 53.0 Å². The smallest absolute Gasteiger partial charge is 0.395 e. The molecule has 0 heterocycles. The minimum absolute atomic E-state index is 0.0741. The summed E-state index contributed by atoms with van der Waals surface area (Å²) < 4.78 is 142. The van der Waals surface area contributed by atoms with Crippen molar-refractivity contribution in [3.05, 3.63) is 48.5 Å². The lowest BCUT2D eigenvalue weighted by atomic mass is 10.1. The Morgan fingerprint density at radius 1 is 0.778 bits per heavy atom. The van der Waals surface area contributed by atoms with Gasteiger partial charge in [-0.1, -0.05) is 0 Å². The number of halogens is 9. The van der Waals surface area contributed by atoms with E-state index in [1.165, 1.54) is 12.1 Å². The Morgan fingerprint density at radius 2 is 1.22 bits per heavy atom. The van der Waals surface area contributed by atoms with E-state index in [4.69, 9.17) is 5.11 Å². The molecule has 0 spiro atoms. The van der Waals surface area contributed by atoms with Crippen LogP contribution in [0.4, 0.5) is 56.6 Å². The Bertz CT molecular complexity index is 1170. The average Bonchev–Trinajstić information content (AvgIpc) is 2.80. The molecule has 0 saturated heterocycles. The molecule has 0 amide bonds. The maximum atomic E-state index is 13.9. The lowest BCUT2D eigenvalue weighted by molar-refractivity contribution is -0.382. The highest BCUT2D eigenvalue weighted by molar-refractivity contribution is 7.92. The number of nitrogens with zero attached hydrogens (tertiary/aromatic N) is 3. The van der Waals surface area contributed by atoms with E-state index in [1.54, 1.807) is 12.1 Å². The highest BCUT2D eigenvalue weighted by atomic mass is 32.2. The second-order valence-corrected chi connectivity index (χ2v) is 9.17. The first-order valence-corrected chi connectivity index (χ1v) is 11.3. The zero-order chi connectivity index (χ0) is 27.6. The van der Waals surface area contributed by atoms with Crippen LogP contribution in [0.2, 0.25) is 0 Å². The van der Waals surface area contributed by atoms with Crippen molar-refractivity contribution in [1.82, 2.24) is 0 Å². The van der Waals surface area contributed by atoms with E-state index in [0.717, 1.165) is 5.69 Å². The predicted octanol–water partition coefficient (Wildman–Crippen LogP) is 6.12. The van der Waals surface area contributed by atoms with Crippen molar-refractivity contribution in [1.29, 1.82) is 0 Å². The third-order valence-corrected chi connectivity index (χ3v) is 6.67. The van der Waals surface area contributed by atoms with E-state index in [2.05, 4.69) is 10.2 Å². The van der Waals surface area contributed by atoms with Crippen LogP contribution in [0.1, 0.15) is 6.92 Å². The number of sulfone groups is 1. The fourth-order valence-corrected chi connectivity index (χ4v) is 4.06. The van der Waals surface area contributed by atoms with E-state index in [-0.39, 0.29) is 30.1 Å². The van der Waals surface area contributed by atoms with Gasteiger partial charge in [-0.15, -0.1) is 0 Å². The standard InChI is InChI=1S/C20H18F9N3O3S/c1-2-32(11-12-33)15-7-3-13(4-8-15)30-31-14-5-9-16(10-6-14)36(34,35)20(28,29)18(23,24)17(21,22)19(25,26)27/h3-10,33H,2,11-12H2,1H3. The number of aliphatic hydroxyl groups excluding tert-OH is 1. The van der Waals surface area contributed by atoms with Gasteiger partial charge in [-0.3, -0.25) is 0 Å². The number of azo groups is 1. The Morgan fingerprint density at radius 3 is 1.61 bits per heavy atom. The Hall–Kier alpha value is -2.88. The molecule has 0 saturated carbocycles. The third kappa shape index (κ3) is 5.28. The summed E-state index contributed by atoms with van der Waals surface area (Å²) in [5.41, 5.74) is 0.870. The Kier molecular flexibility index (Phi) is 8.35. The number of likely N-dealkylation sites (N-methyl/N-ethyl adjacent to an activating group) is 1. The summed E-state index contributed by atoms with van der Waals surface area (Å²) in [4.78, 5) is 0.209. The molecular weight excluding hydrogens is 533 g/mol. The first-order valence-electron chi connectivity index (χ1n) is 9.86. The molecule has 0 radical (unpaired) electrons. The molecule has 0 atom stereocenters. The molecule has 0 unspecified atom stereocenters. The van der Waals surface area contributed by atoms with Gasteiger partial charge in [-0.2, -0.15) is 49.7 Å². The molecule has 0 bridgehead atoms. The van der Waals surface area contributed by atoms with E-state index in [9.17, 15) is 47.9 Å². The van der Waals surface area contributed by atoms with Crippen LogP contribution in [-0.2, 0) is 9.84 Å². The van der Waals surface area contributed by atoms with Gasteiger partial charge in [-0.05, 0) is 55.5 Å². The zero-order valence-electron chi connectivity index (χ0n) is 18.2. The number of benzene rings is 2. The molecule has 1 N–H and O–H groups in total. The molecule has 2 aromatic carbocycles. The van der Waals surface area contributed by atoms with Gasteiger partial charge in [0.1, 0.15) is 0 Å². The normalized spacial score (nSPS) is 13.9. The fourth-order valence-electron chi connectivity index (χ4n) is 2.81. The number of rotatable bonds is 10. The van der Waals surface area contributed by atoms with Crippen LogP contribution in [-0.4, -0.2) is 56.5 Å². The Labute approximate surface area is 199 Å². The summed E-state index contributed by atoms with van der Waals surface area (Å²) in [6.45, 7) is 2.78. The quantitative estimate of drug-likeness (QED) is 0.285. The molecule has 0 aliphatic rings. The highest BCUT2D eigenvalue weighted by Gasteiger charge is 2.85. The largest absolute Gasteiger partial charge is 0.460 e. The van der Waals surface area contributed by atoms with Gasteiger partial charge in [0.2, 0.25) is 9.84 Å². The molecule has 0 aliphatic carbocycles. The number of hydrogen-bond acceptors (Lipinski definition) is 6. The predicted molar refractivity (Wildman–Crippen MR) is 110 cm³/mol.